The van der Waals surface area contributed by atoms with Gasteiger partial charge in [-0.25, -0.2) is 0 Å². The number of hydrogen-bond donors (Lipinski definition) is 1. The van der Waals surface area contributed by atoms with E-state index < -0.39 is 11.7 Å². The summed E-state index contributed by atoms with van der Waals surface area (Å²) in [7, 11) is 0. The largest absolute Gasteiger partial charge is 0.457 e. The first kappa shape index (κ1) is 20.3. The molecule has 1 aliphatic carbocycles. The quantitative estimate of drug-likeness (QED) is 0.514. The van der Waals surface area contributed by atoms with E-state index in [0.29, 0.717) is 23.0 Å². The van der Waals surface area contributed by atoms with E-state index in [1.165, 1.54) is 18.6 Å². The van der Waals surface area contributed by atoms with Gasteiger partial charge in [0.25, 0.3) is 5.91 Å². The van der Waals surface area contributed by atoms with E-state index in [0.717, 1.165) is 35.7 Å². The fourth-order valence-electron chi connectivity index (χ4n) is 3.67. The number of hydrogen-bond acceptors (Lipinski definition) is 2. The van der Waals surface area contributed by atoms with Crippen molar-refractivity contribution in [3.8, 4) is 11.5 Å². The van der Waals surface area contributed by atoms with Crippen LogP contribution < -0.4 is 10.1 Å². The van der Waals surface area contributed by atoms with E-state index in [2.05, 4.69) is 5.32 Å². The summed E-state index contributed by atoms with van der Waals surface area (Å²) >= 11 is 0. The van der Waals surface area contributed by atoms with Gasteiger partial charge in [0.15, 0.2) is 0 Å². The lowest BCUT2D eigenvalue weighted by molar-refractivity contribution is -0.137. The van der Waals surface area contributed by atoms with Crippen molar-refractivity contribution in [3.05, 3.63) is 71.8 Å². The third-order valence-electron chi connectivity index (χ3n) is 5.73. The molecule has 30 heavy (non-hydrogen) atoms. The lowest BCUT2D eigenvalue weighted by Gasteiger charge is -2.31. The zero-order valence-electron chi connectivity index (χ0n) is 16.5. The number of nitrogens with one attached hydrogen (secondary N) is 1. The first-order valence-corrected chi connectivity index (χ1v) is 10.00. The Bertz CT molecular complexity index is 1060. The maximum absolute atomic E-state index is 12.7. The Morgan fingerprint density at radius 2 is 1.80 bits per heavy atom. The van der Waals surface area contributed by atoms with Crippen molar-refractivity contribution in [2.24, 2.45) is 5.92 Å². The molecule has 3 nitrogen and oxygen atoms in total. The highest BCUT2D eigenvalue weighted by atomic mass is 19.4. The van der Waals surface area contributed by atoms with E-state index in [4.69, 9.17) is 4.74 Å². The van der Waals surface area contributed by atoms with E-state index >= 15 is 0 Å². The average Bonchev–Trinajstić information content (AvgIpc) is 2.66. The van der Waals surface area contributed by atoms with Crippen molar-refractivity contribution in [1.29, 1.82) is 0 Å². The molecule has 0 spiro atoms. The molecule has 0 aromatic heterocycles. The van der Waals surface area contributed by atoms with Crippen LogP contribution in [0.25, 0.3) is 10.8 Å². The highest BCUT2D eigenvalue weighted by Gasteiger charge is 2.30. The highest BCUT2D eigenvalue weighted by molar-refractivity contribution is 6.00. The summed E-state index contributed by atoms with van der Waals surface area (Å²) in [5.41, 5.74) is -0.153. The highest BCUT2D eigenvalue weighted by Crippen LogP contribution is 2.34. The molecule has 4 rings (SSSR count). The lowest BCUT2D eigenvalue weighted by Crippen LogP contribution is -2.40. The van der Waals surface area contributed by atoms with Crippen LogP contribution in [-0.4, -0.2) is 11.9 Å². The van der Waals surface area contributed by atoms with Crippen molar-refractivity contribution < 1.29 is 22.7 Å². The van der Waals surface area contributed by atoms with Gasteiger partial charge in [-0.15, -0.1) is 0 Å². The molecule has 0 saturated heterocycles. The van der Waals surface area contributed by atoms with Crippen molar-refractivity contribution >= 4 is 16.7 Å². The molecule has 1 saturated carbocycles. The molecule has 1 atom stereocenters. The number of carbonyl (C=O) groups is 1. The number of rotatable bonds is 5. The van der Waals surface area contributed by atoms with Gasteiger partial charge >= 0.3 is 6.18 Å². The Kier molecular flexibility index (Phi) is 5.41. The third-order valence-corrected chi connectivity index (χ3v) is 5.73. The number of carbonyl (C=O) groups excluding carboxylic acids is 1. The number of ether oxygens (including phenoxy) is 1. The Labute approximate surface area is 172 Å². The van der Waals surface area contributed by atoms with Gasteiger partial charge in [-0.2, -0.15) is 13.2 Å². The molecule has 0 unspecified atom stereocenters. The average molecular weight is 413 g/mol. The molecule has 6 heteroatoms. The number of amides is 1. The summed E-state index contributed by atoms with van der Waals surface area (Å²) in [6.45, 7) is 2.04. The molecule has 0 heterocycles. The summed E-state index contributed by atoms with van der Waals surface area (Å²) in [4.78, 5) is 12.6. The first-order chi connectivity index (χ1) is 14.3. The predicted octanol–water partition coefficient (Wildman–Crippen LogP) is 6.57. The van der Waals surface area contributed by atoms with Gasteiger partial charge < -0.3 is 10.1 Å². The van der Waals surface area contributed by atoms with Crippen molar-refractivity contribution in [2.75, 3.05) is 0 Å². The Morgan fingerprint density at radius 1 is 1.07 bits per heavy atom. The van der Waals surface area contributed by atoms with Gasteiger partial charge in [0.1, 0.15) is 11.5 Å². The maximum Gasteiger partial charge on any atom is 0.416 e. The topological polar surface area (TPSA) is 38.3 Å². The summed E-state index contributed by atoms with van der Waals surface area (Å²) in [6.07, 6.45) is -0.846. The van der Waals surface area contributed by atoms with Crippen LogP contribution in [0.4, 0.5) is 13.2 Å². The fraction of sp³-hybridized carbons (Fsp3) is 0.292. The minimum atomic E-state index is -4.38. The fourth-order valence-corrected chi connectivity index (χ4v) is 3.67. The first-order valence-electron chi connectivity index (χ1n) is 10.00. The van der Waals surface area contributed by atoms with E-state index in [1.807, 2.05) is 13.0 Å². The number of fused-ring (bicyclic) bond motifs is 1. The minimum Gasteiger partial charge on any atom is -0.457 e. The Morgan fingerprint density at radius 3 is 2.43 bits per heavy atom. The molecular weight excluding hydrogens is 391 g/mol. The monoisotopic (exact) mass is 413 g/mol. The maximum atomic E-state index is 12.7. The van der Waals surface area contributed by atoms with E-state index in [1.54, 1.807) is 30.3 Å². The summed E-state index contributed by atoms with van der Waals surface area (Å²) < 4.78 is 44.0. The molecule has 3 aromatic carbocycles. The standard InChI is InChI=1S/C24H22F3NO2/c1-15(16-4-2-5-16)28-23(29)18-8-13-21-17(14-18)6-3-7-22(21)30-20-11-9-19(10-12-20)24(25,26)27/h3,6-16H,2,4-5H2,1H3,(H,28,29)/t15-/m1/s1. The molecule has 1 N–H and O–H groups in total. The molecule has 1 aliphatic rings. The molecule has 3 aromatic rings. The van der Waals surface area contributed by atoms with Gasteiger partial charge in [-0.05, 0) is 79.6 Å². The van der Waals surface area contributed by atoms with Crippen LogP contribution in [0.5, 0.6) is 11.5 Å². The normalized spacial score (nSPS) is 15.5. The zero-order valence-corrected chi connectivity index (χ0v) is 16.5. The van der Waals surface area contributed by atoms with Gasteiger partial charge in [0, 0.05) is 17.0 Å². The summed E-state index contributed by atoms with van der Waals surface area (Å²) in [5, 5.41) is 4.67. The second-order valence-electron chi connectivity index (χ2n) is 7.77. The van der Waals surface area contributed by atoms with E-state index in [9.17, 15) is 18.0 Å². The lowest BCUT2D eigenvalue weighted by atomic mass is 9.80. The van der Waals surface area contributed by atoms with Crippen LogP contribution in [0, 0.1) is 5.92 Å². The van der Waals surface area contributed by atoms with Crippen molar-refractivity contribution in [2.45, 2.75) is 38.4 Å². The van der Waals surface area contributed by atoms with Crippen LogP contribution >= 0.6 is 0 Å². The second kappa shape index (κ2) is 8.01. The molecule has 0 aliphatic heterocycles. The second-order valence-corrected chi connectivity index (χ2v) is 7.77. The van der Waals surface area contributed by atoms with Crippen LogP contribution in [-0.2, 0) is 6.18 Å². The molecule has 0 bridgehead atoms. The van der Waals surface area contributed by atoms with Gasteiger partial charge in [-0.1, -0.05) is 18.6 Å². The number of benzene rings is 3. The van der Waals surface area contributed by atoms with Gasteiger partial charge in [-0.3, -0.25) is 4.79 Å². The van der Waals surface area contributed by atoms with Crippen LogP contribution in [0.15, 0.2) is 60.7 Å². The van der Waals surface area contributed by atoms with Crippen LogP contribution in [0.3, 0.4) is 0 Å². The third kappa shape index (κ3) is 4.27. The summed E-state index contributed by atoms with van der Waals surface area (Å²) in [6, 6.07) is 15.5. The smallest absolute Gasteiger partial charge is 0.416 e. The van der Waals surface area contributed by atoms with E-state index in [-0.39, 0.29) is 11.9 Å². The van der Waals surface area contributed by atoms with Crippen LogP contribution in [0.2, 0.25) is 0 Å². The van der Waals surface area contributed by atoms with Crippen LogP contribution in [0.1, 0.15) is 42.1 Å². The molecule has 1 amide bonds. The Hall–Kier alpha value is -3.02. The molecular formula is C24H22F3NO2. The molecule has 0 radical (unpaired) electrons. The molecule has 156 valence electrons. The van der Waals surface area contributed by atoms with Crippen molar-refractivity contribution in [1.82, 2.24) is 5.32 Å². The number of halogens is 3. The Balaban J connectivity index is 1.53. The summed E-state index contributed by atoms with van der Waals surface area (Å²) in [5.74, 6) is 1.28. The number of alkyl halides is 3. The van der Waals surface area contributed by atoms with Crippen molar-refractivity contribution in [3.63, 3.8) is 0 Å². The van der Waals surface area contributed by atoms with Gasteiger partial charge in [0.05, 0.1) is 5.56 Å². The predicted molar refractivity (Wildman–Crippen MR) is 110 cm³/mol. The minimum absolute atomic E-state index is 0.106. The SMILES string of the molecule is C[C@@H](NC(=O)c1ccc2c(Oc3ccc(C(F)(F)F)cc3)cccc2c1)C1CCC1. The molecule has 1 fully saturated rings. The zero-order chi connectivity index (χ0) is 21.3. The van der Waals surface area contributed by atoms with Gasteiger partial charge in [0.2, 0.25) is 0 Å².